The average Bonchev–Trinajstić information content (AvgIpc) is 2.99. The Kier molecular flexibility index (Phi) is 6.54. The van der Waals surface area contributed by atoms with Crippen molar-refractivity contribution < 1.29 is 4.79 Å². The van der Waals surface area contributed by atoms with E-state index in [1.165, 1.54) is 12.8 Å². The molecule has 0 unspecified atom stereocenters. The monoisotopic (exact) mass is 333 g/mol. The molecular weight excluding hydrogens is 302 g/mol. The Bertz CT molecular complexity index is 552. The Morgan fingerprint density at radius 1 is 1.25 bits per heavy atom. The maximum Gasteiger partial charge on any atom is 0.270 e. The highest BCUT2D eigenvalue weighted by Gasteiger charge is 2.25. The molecule has 0 aliphatic carbocycles. The van der Waals surface area contributed by atoms with Gasteiger partial charge in [0.05, 0.1) is 0 Å². The molecule has 1 aromatic rings. The number of nitrogen functional groups attached to an aromatic ring is 1. The largest absolute Gasteiger partial charge is 0.368 e. The molecule has 0 bridgehead atoms. The van der Waals surface area contributed by atoms with Crippen LogP contribution >= 0.6 is 0 Å². The lowest BCUT2D eigenvalue weighted by Gasteiger charge is -2.30. The summed E-state index contributed by atoms with van der Waals surface area (Å²) in [5, 5.41) is 3.04. The molecule has 6 heteroatoms. The number of hydrogen-bond acceptors (Lipinski definition) is 5. The van der Waals surface area contributed by atoms with Gasteiger partial charge >= 0.3 is 0 Å². The van der Waals surface area contributed by atoms with E-state index in [4.69, 9.17) is 5.73 Å². The van der Waals surface area contributed by atoms with Crippen molar-refractivity contribution in [3.8, 4) is 0 Å². The first kappa shape index (κ1) is 18.6. The predicted octanol–water partition coefficient (Wildman–Crippen LogP) is 2.11. The number of nitrogens with one attached hydrogen (secondary N) is 1. The summed E-state index contributed by atoms with van der Waals surface area (Å²) >= 11 is 0. The van der Waals surface area contributed by atoms with Gasteiger partial charge in [-0.15, -0.1) is 0 Å². The molecule has 0 saturated carbocycles. The van der Waals surface area contributed by atoms with Gasteiger partial charge in [-0.05, 0) is 50.3 Å². The van der Waals surface area contributed by atoms with Crippen LogP contribution in [0.25, 0.3) is 0 Å². The predicted molar refractivity (Wildman–Crippen MR) is 96.8 cm³/mol. The second kappa shape index (κ2) is 8.42. The van der Waals surface area contributed by atoms with E-state index in [-0.39, 0.29) is 11.9 Å². The number of amides is 1. The SMILES string of the molecule is CC(C)Cc1cc(C(=O)NC[C@H](C(C)C)N2CCCC2)nc(N)n1. The molecule has 0 aromatic carbocycles. The summed E-state index contributed by atoms with van der Waals surface area (Å²) in [7, 11) is 0. The van der Waals surface area contributed by atoms with Crippen LogP contribution < -0.4 is 11.1 Å². The Labute approximate surface area is 145 Å². The average molecular weight is 333 g/mol. The molecule has 134 valence electrons. The van der Waals surface area contributed by atoms with Gasteiger partial charge in [-0.25, -0.2) is 9.97 Å². The van der Waals surface area contributed by atoms with Crippen LogP contribution in [0.3, 0.4) is 0 Å². The van der Waals surface area contributed by atoms with Crippen LogP contribution in [0.5, 0.6) is 0 Å². The van der Waals surface area contributed by atoms with Gasteiger partial charge in [0.2, 0.25) is 5.95 Å². The van der Waals surface area contributed by atoms with Crippen molar-refractivity contribution in [2.45, 2.75) is 53.0 Å². The summed E-state index contributed by atoms with van der Waals surface area (Å²) in [5.41, 5.74) is 6.95. The minimum atomic E-state index is -0.168. The topological polar surface area (TPSA) is 84.1 Å². The Morgan fingerprint density at radius 2 is 1.92 bits per heavy atom. The third kappa shape index (κ3) is 5.16. The summed E-state index contributed by atoms with van der Waals surface area (Å²) in [6.45, 7) is 11.5. The Balaban J connectivity index is 2.01. The van der Waals surface area contributed by atoms with Gasteiger partial charge in [-0.2, -0.15) is 0 Å². The van der Waals surface area contributed by atoms with Crippen molar-refractivity contribution in [2.75, 3.05) is 25.4 Å². The fraction of sp³-hybridized carbons (Fsp3) is 0.722. The van der Waals surface area contributed by atoms with Crippen LogP contribution in [0.1, 0.15) is 56.7 Å². The standard InChI is InChI=1S/C18H31N5O/c1-12(2)9-14-10-15(22-18(19)21-14)17(24)20-11-16(13(3)4)23-7-5-6-8-23/h10,12-13,16H,5-9,11H2,1-4H3,(H,20,24)(H2,19,21,22)/t16-/m1/s1. The normalized spacial score (nSPS) is 16.8. The first-order chi connectivity index (χ1) is 11.4. The van der Waals surface area contributed by atoms with Crippen LogP contribution in [0.15, 0.2) is 6.07 Å². The number of hydrogen-bond donors (Lipinski definition) is 2. The van der Waals surface area contributed by atoms with Crippen molar-refractivity contribution in [3.05, 3.63) is 17.5 Å². The molecule has 1 aliphatic heterocycles. The smallest absolute Gasteiger partial charge is 0.270 e. The van der Waals surface area contributed by atoms with E-state index in [1.54, 1.807) is 6.07 Å². The summed E-state index contributed by atoms with van der Waals surface area (Å²) in [5.74, 6) is 0.947. The molecule has 2 rings (SSSR count). The number of anilines is 1. The van der Waals surface area contributed by atoms with Crippen molar-refractivity contribution in [3.63, 3.8) is 0 Å². The van der Waals surface area contributed by atoms with Crippen LogP contribution in [-0.2, 0) is 6.42 Å². The van der Waals surface area contributed by atoms with Crippen LogP contribution in [0, 0.1) is 11.8 Å². The molecule has 2 heterocycles. The number of rotatable bonds is 7. The van der Waals surface area contributed by atoms with Crippen molar-refractivity contribution >= 4 is 11.9 Å². The first-order valence-corrected chi connectivity index (χ1v) is 9.02. The van der Waals surface area contributed by atoms with E-state index in [1.807, 2.05) is 0 Å². The summed E-state index contributed by atoms with van der Waals surface area (Å²) < 4.78 is 0. The van der Waals surface area contributed by atoms with Crippen LogP contribution in [-0.4, -0.2) is 46.5 Å². The summed E-state index contributed by atoms with van der Waals surface area (Å²) in [6, 6.07) is 2.12. The highest BCUT2D eigenvalue weighted by atomic mass is 16.1. The molecule has 1 saturated heterocycles. The summed E-state index contributed by atoms with van der Waals surface area (Å²) in [4.78, 5) is 23.3. The minimum Gasteiger partial charge on any atom is -0.368 e. The van der Waals surface area contributed by atoms with Gasteiger partial charge in [0.25, 0.3) is 5.91 Å². The van der Waals surface area contributed by atoms with E-state index >= 15 is 0 Å². The third-order valence-corrected chi connectivity index (χ3v) is 4.50. The molecule has 0 radical (unpaired) electrons. The number of aromatic nitrogens is 2. The Morgan fingerprint density at radius 3 is 2.50 bits per heavy atom. The maximum atomic E-state index is 12.5. The van der Waals surface area contributed by atoms with Gasteiger partial charge in [0.1, 0.15) is 5.69 Å². The van der Waals surface area contributed by atoms with Crippen LogP contribution in [0.4, 0.5) is 5.95 Å². The second-order valence-electron chi connectivity index (χ2n) is 7.47. The number of nitrogens with two attached hydrogens (primary N) is 1. The molecule has 3 N–H and O–H groups in total. The number of likely N-dealkylation sites (tertiary alicyclic amines) is 1. The van der Waals surface area contributed by atoms with Crippen LogP contribution in [0.2, 0.25) is 0 Å². The van der Waals surface area contributed by atoms with Gasteiger partial charge in [0.15, 0.2) is 0 Å². The molecule has 1 fully saturated rings. The highest BCUT2D eigenvalue weighted by molar-refractivity contribution is 5.92. The number of nitrogens with zero attached hydrogens (tertiary/aromatic N) is 3. The summed E-state index contributed by atoms with van der Waals surface area (Å²) in [6.07, 6.45) is 3.28. The lowest BCUT2D eigenvalue weighted by atomic mass is 10.0. The van der Waals surface area contributed by atoms with E-state index in [0.717, 1.165) is 25.2 Å². The van der Waals surface area contributed by atoms with Gasteiger partial charge in [-0.3, -0.25) is 9.69 Å². The number of carbonyl (C=O) groups excluding carboxylic acids is 1. The molecule has 1 amide bonds. The van der Waals surface area contributed by atoms with E-state index < -0.39 is 0 Å². The van der Waals surface area contributed by atoms with Gasteiger partial charge < -0.3 is 11.1 Å². The molecule has 24 heavy (non-hydrogen) atoms. The highest BCUT2D eigenvalue weighted by Crippen LogP contribution is 2.17. The maximum absolute atomic E-state index is 12.5. The Hall–Kier alpha value is -1.69. The molecule has 1 atom stereocenters. The van der Waals surface area contributed by atoms with Crippen molar-refractivity contribution in [1.29, 1.82) is 0 Å². The lowest BCUT2D eigenvalue weighted by Crippen LogP contribution is -2.45. The fourth-order valence-corrected chi connectivity index (χ4v) is 3.30. The van der Waals surface area contributed by atoms with Gasteiger partial charge in [0, 0.05) is 18.3 Å². The zero-order valence-corrected chi connectivity index (χ0v) is 15.4. The van der Waals surface area contributed by atoms with Gasteiger partial charge in [-0.1, -0.05) is 27.7 Å². The molecule has 6 nitrogen and oxygen atoms in total. The van der Waals surface area contributed by atoms with Crippen molar-refractivity contribution in [2.24, 2.45) is 11.8 Å². The van der Waals surface area contributed by atoms with E-state index in [9.17, 15) is 4.79 Å². The quantitative estimate of drug-likeness (QED) is 0.798. The minimum absolute atomic E-state index is 0.165. The molecule has 0 spiro atoms. The molecule has 1 aliphatic rings. The van der Waals surface area contributed by atoms with E-state index in [0.29, 0.717) is 30.1 Å². The zero-order valence-electron chi connectivity index (χ0n) is 15.4. The third-order valence-electron chi connectivity index (χ3n) is 4.50. The van der Waals surface area contributed by atoms with E-state index in [2.05, 4.69) is 47.9 Å². The van der Waals surface area contributed by atoms with Crippen molar-refractivity contribution in [1.82, 2.24) is 20.2 Å². The lowest BCUT2D eigenvalue weighted by molar-refractivity contribution is 0.0922. The zero-order chi connectivity index (χ0) is 17.7. The second-order valence-corrected chi connectivity index (χ2v) is 7.47. The molecular formula is C18H31N5O. The first-order valence-electron chi connectivity index (χ1n) is 9.02. The number of carbonyl (C=O) groups is 1. The molecule has 1 aromatic heterocycles. The fourth-order valence-electron chi connectivity index (χ4n) is 3.30.